The normalized spacial score (nSPS) is 17.5. The smallest absolute Gasteiger partial charge is 0.358 e. The number of hydrogen-bond acceptors (Lipinski definition) is 6. The van der Waals surface area contributed by atoms with Crippen molar-refractivity contribution in [2.24, 2.45) is 5.92 Å². The SMILES string of the molecule is CCOC(=O)c1cc2n(n1)C[C@](C)(C(=O)NCCC(C)C)N(Cc1ccc(OC(C)C)cc1)C2=O. The lowest BCUT2D eigenvalue weighted by molar-refractivity contribution is -0.133. The van der Waals surface area contributed by atoms with Crippen LogP contribution >= 0.6 is 0 Å². The largest absolute Gasteiger partial charge is 0.491 e. The molecule has 2 aromatic rings. The fourth-order valence-electron chi connectivity index (χ4n) is 3.99. The Morgan fingerprint density at radius 1 is 1.17 bits per heavy atom. The Labute approximate surface area is 206 Å². The summed E-state index contributed by atoms with van der Waals surface area (Å²) in [5, 5.41) is 7.27. The second-order valence-electron chi connectivity index (χ2n) is 9.71. The van der Waals surface area contributed by atoms with Gasteiger partial charge in [0.1, 0.15) is 17.0 Å². The number of benzene rings is 1. The van der Waals surface area contributed by atoms with Gasteiger partial charge >= 0.3 is 5.97 Å². The fourth-order valence-corrected chi connectivity index (χ4v) is 3.99. The quantitative estimate of drug-likeness (QED) is 0.519. The van der Waals surface area contributed by atoms with Gasteiger partial charge in [0.15, 0.2) is 5.69 Å². The van der Waals surface area contributed by atoms with Crippen molar-refractivity contribution < 1.29 is 23.9 Å². The molecule has 0 unspecified atom stereocenters. The highest BCUT2D eigenvalue weighted by atomic mass is 16.5. The first-order valence-electron chi connectivity index (χ1n) is 12.2. The first-order chi connectivity index (χ1) is 16.5. The molecule has 190 valence electrons. The van der Waals surface area contributed by atoms with Gasteiger partial charge in [0, 0.05) is 19.2 Å². The molecule has 0 aliphatic carbocycles. The van der Waals surface area contributed by atoms with Crippen LogP contribution in [-0.4, -0.2) is 57.3 Å². The molecule has 2 heterocycles. The lowest BCUT2D eigenvalue weighted by Gasteiger charge is -2.43. The molecule has 35 heavy (non-hydrogen) atoms. The van der Waals surface area contributed by atoms with Crippen molar-refractivity contribution in [3.8, 4) is 5.75 Å². The number of carbonyl (C=O) groups excluding carboxylic acids is 3. The number of aromatic nitrogens is 2. The van der Waals surface area contributed by atoms with Crippen LogP contribution in [0, 0.1) is 5.92 Å². The molecule has 0 radical (unpaired) electrons. The second kappa shape index (κ2) is 10.9. The van der Waals surface area contributed by atoms with E-state index in [1.807, 2.05) is 38.1 Å². The van der Waals surface area contributed by atoms with Crippen molar-refractivity contribution in [2.45, 2.75) is 72.7 Å². The molecule has 0 saturated carbocycles. The highest BCUT2D eigenvalue weighted by Gasteiger charge is 2.48. The number of rotatable bonds is 10. The van der Waals surface area contributed by atoms with Crippen molar-refractivity contribution >= 4 is 17.8 Å². The van der Waals surface area contributed by atoms with E-state index in [2.05, 4.69) is 24.3 Å². The third kappa shape index (κ3) is 6.01. The van der Waals surface area contributed by atoms with Crippen molar-refractivity contribution in [1.29, 1.82) is 0 Å². The highest BCUT2D eigenvalue weighted by molar-refractivity contribution is 6.01. The van der Waals surface area contributed by atoms with E-state index in [0.717, 1.165) is 17.7 Å². The molecule has 1 aliphatic rings. The van der Waals surface area contributed by atoms with Gasteiger partial charge in [-0.25, -0.2) is 4.79 Å². The Kier molecular flexibility index (Phi) is 8.19. The lowest BCUT2D eigenvalue weighted by Crippen LogP contribution is -2.63. The van der Waals surface area contributed by atoms with E-state index in [9.17, 15) is 14.4 Å². The number of ether oxygens (including phenoxy) is 2. The van der Waals surface area contributed by atoms with Gasteiger partial charge < -0.3 is 19.7 Å². The summed E-state index contributed by atoms with van der Waals surface area (Å²) in [6.07, 6.45) is 0.879. The Bertz CT molecular complexity index is 1060. The van der Waals surface area contributed by atoms with Crippen molar-refractivity contribution in [3.63, 3.8) is 0 Å². The van der Waals surface area contributed by atoms with Crippen LogP contribution in [0.1, 0.15) is 74.5 Å². The molecular weight excluding hydrogens is 448 g/mol. The van der Waals surface area contributed by atoms with E-state index in [1.165, 1.54) is 10.7 Å². The Balaban J connectivity index is 1.93. The van der Waals surface area contributed by atoms with Crippen molar-refractivity contribution in [2.75, 3.05) is 13.2 Å². The average molecular weight is 485 g/mol. The average Bonchev–Trinajstić information content (AvgIpc) is 3.21. The van der Waals surface area contributed by atoms with Crippen LogP contribution in [0.5, 0.6) is 5.75 Å². The first kappa shape index (κ1) is 26.2. The zero-order chi connectivity index (χ0) is 25.8. The highest BCUT2D eigenvalue weighted by Crippen LogP contribution is 2.30. The predicted molar refractivity (Wildman–Crippen MR) is 131 cm³/mol. The van der Waals surface area contributed by atoms with Gasteiger partial charge in [-0.05, 0) is 57.7 Å². The number of carbonyl (C=O) groups is 3. The van der Waals surface area contributed by atoms with Crippen LogP contribution < -0.4 is 10.1 Å². The van der Waals surface area contributed by atoms with Crippen LogP contribution in [0.15, 0.2) is 30.3 Å². The zero-order valence-electron chi connectivity index (χ0n) is 21.5. The molecule has 0 spiro atoms. The summed E-state index contributed by atoms with van der Waals surface area (Å²) >= 11 is 0. The molecular formula is C26H36N4O5. The van der Waals surface area contributed by atoms with Crippen molar-refractivity contribution in [1.82, 2.24) is 20.0 Å². The molecule has 1 aromatic carbocycles. The van der Waals surface area contributed by atoms with E-state index in [4.69, 9.17) is 9.47 Å². The number of amides is 2. The van der Waals surface area contributed by atoms with E-state index in [1.54, 1.807) is 18.7 Å². The van der Waals surface area contributed by atoms with Crippen LogP contribution in [0.3, 0.4) is 0 Å². The summed E-state index contributed by atoms with van der Waals surface area (Å²) in [6.45, 7) is 12.6. The fraction of sp³-hybridized carbons (Fsp3) is 0.538. The second-order valence-corrected chi connectivity index (χ2v) is 9.71. The van der Waals surface area contributed by atoms with E-state index in [0.29, 0.717) is 12.5 Å². The number of hydrogen-bond donors (Lipinski definition) is 1. The molecule has 1 aromatic heterocycles. The molecule has 0 bridgehead atoms. The maximum Gasteiger partial charge on any atom is 0.358 e. The standard InChI is InChI=1S/C26H36N4O5/c1-7-34-24(32)21-14-22-23(31)29(15-19-8-10-20(11-9-19)35-18(4)5)26(6,16-30(22)28-21)25(33)27-13-12-17(2)3/h8-11,14,17-18H,7,12-13,15-16H2,1-6H3,(H,27,33)/t26-/m1/s1. The minimum Gasteiger partial charge on any atom is -0.491 e. The van der Waals surface area contributed by atoms with Crippen LogP contribution in [-0.2, 0) is 22.6 Å². The molecule has 9 heteroatoms. The summed E-state index contributed by atoms with van der Waals surface area (Å²) in [6, 6.07) is 8.92. The zero-order valence-corrected chi connectivity index (χ0v) is 21.5. The number of nitrogens with zero attached hydrogens (tertiary/aromatic N) is 3. The number of fused-ring (bicyclic) bond motifs is 1. The van der Waals surface area contributed by atoms with Gasteiger partial charge in [0.05, 0.1) is 19.3 Å². The summed E-state index contributed by atoms with van der Waals surface area (Å²) in [7, 11) is 0. The summed E-state index contributed by atoms with van der Waals surface area (Å²) in [4.78, 5) is 40.8. The molecule has 1 N–H and O–H groups in total. The van der Waals surface area contributed by atoms with Crippen LogP contribution in [0.4, 0.5) is 0 Å². The third-order valence-electron chi connectivity index (χ3n) is 5.91. The van der Waals surface area contributed by atoms with Gasteiger partial charge in [0.2, 0.25) is 5.91 Å². The van der Waals surface area contributed by atoms with Gasteiger partial charge in [-0.2, -0.15) is 5.10 Å². The van der Waals surface area contributed by atoms with Gasteiger partial charge in [-0.3, -0.25) is 14.3 Å². The van der Waals surface area contributed by atoms with E-state index < -0.39 is 11.5 Å². The molecule has 2 amide bonds. The minimum atomic E-state index is -1.20. The Morgan fingerprint density at radius 3 is 2.46 bits per heavy atom. The van der Waals surface area contributed by atoms with Gasteiger partial charge in [-0.1, -0.05) is 26.0 Å². The number of nitrogens with one attached hydrogen (secondary N) is 1. The predicted octanol–water partition coefficient (Wildman–Crippen LogP) is 3.42. The maximum absolute atomic E-state index is 13.6. The molecule has 0 saturated heterocycles. The molecule has 0 fully saturated rings. The summed E-state index contributed by atoms with van der Waals surface area (Å²) in [5.74, 6) is -0.0605. The number of esters is 1. The van der Waals surface area contributed by atoms with Crippen molar-refractivity contribution in [3.05, 3.63) is 47.3 Å². The molecule has 9 nitrogen and oxygen atoms in total. The Hall–Kier alpha value is -3.36. The Morgan fingerprint density at radius 2 is 1.86 bits per heavy atom. The lowest BCUT2D eigenvalue weighted by atomic mass is 9.94. The monoisotopic (exact) mass is 484 g/mol. The van der Waals surface area contributed by atoms with E-state index in [-0.39, 0.29) is 49.0 Å². The molecule has 1 atom stereocenters. The van der Waals surface area contributed by atoms with Crippen LogP contribution in [0.2, 0.25) is 0 Å². The first-order valence-corrected chi connectivity index (χ1v) is 12.2. The van der Waals surface area contributed by atoms with E-state index >= 15 is 0 Å². The van der Waals surface area contributed by atoms with Gasteiger partial charge in [0.25, 0.3) is 5.91 Å². The summed E-state index contributed by atoms with van der Waals surface area (Å²) < 4.78 is 12.2. The molecule has 1 aliphatic heterocycles. The molecule has 3 rings (SSSR count). The maximum atomic E-state index is 13.6. The van der Waals surface area contributed by atoms with Crippen LogP contribution in [0.25, 0.3) is 0 Å². The van der Waals surface area contributed by atoms with Gasteiger partial charge in [-0.15, -0.1) is 0 Å². The topological polar surface area (TPSA) is 103 Å². The minimum absolute atomic E-state index is 0.0507. The summed E-state index contributed by atoms with van der Waals surface area (Å²) in [5.41, 5.74) is -0.0455. The third-order valence-corrected chi connectivity index (χ3v) is 5.91.